The summed E-state index contributed by atoms with van der Waals surface area (Å²) in [7, 11) is 0. The van der Waals surface area contributed by atoms with Crippen LogP contribution in [-0.2, 0) is 138 Å². The molecular formula is C12H2N12S4W4-18. The van der Waals surface area contributed by atoms with E-state index in [0.29, 0.717) is 0 Å². The van der Waals surface area contributed by atoms with Crippen LogP contribution in [0.4, 0.5) is 0 Å². The maximum absolute atomic E-state index is 6.25. The fourth-order valence-electron chi connectivity index (χ4n) is 0. The zero-order valence-electron chi connectivity index (χ0n) is 14.7. The monoisotopic (exact) mass is 1180 g/mol. The maximum Gasteiger partial charge on any atom is 0 e. The molecule has 0 aromatic rings. The first kappa shape index (κ1) is 251. The van der Waals surface area contributed by atoms with E-state index in [9.17, 15) is 0 Å². The second-order valence-electron chi connectivity index (χ2n) is 0. The Balaban J connectivity index is -0.00000000267. The van der Waals surface area contributed by atoms with E-state index in [-0.39, 0.29) is 138 Å². The second kappa shape index (κ2) is 5900. The number of nitrogens with zero attached hydrogens (tertiary/aromatic N) is 12. The Morgan fingerprint density at radius 2 is 0.188 bits per heavy atom. The largest absolute Gasteiger partial charge is 2.00 e. The third-order valence-corrected chi connectivity index (χ3v) is 0. The fourth-order valence-corrected chi connectivity index (χ4v) is 0. The first-order valence-corrected chi connectivity index (χ1v) is 2.68. The van der Waals surface area contributed by atoms with Crippen molar-refractivity contribution in [2.75, 3.05) is 0 Å². The average molecular weight is 1180 g/mol. The Kier molecular flexibility index (Phi) is 46400. The predicted octanol–water partition coefficient (Wildman–Crippen LogP) is 0.601. The van der Waals surface area contributed by atoms with E-state index in [1.54, 1.807) is 0 Å². The van der Waals surface area contributed by atoms with E-state index < -0.39 is 0 Å². The molecular weight excluding hydrogens is 1180 g/mol. The van der Waals surface area contributed by atoms with E-state index in [1.807, 2.05) is 0 Å². The zero-order chi connectivity index (χ0) is 24.0. The standard InChI is InChI=1S/12CN.2H2S.2S.4W/c12*1-2;;;;;;;;/h;;;;;;;;;;;;2*1H2;;;;;;/q12*-1;;;2*-2;;;;/p-2. The van der Waals surface area contributed by atoms with Crippen LogP contribution in [0.3, 0.4) is 0 Å². The van der Waals surface area contributed by atoms with Gasteiger partial charge in [-0.3, -0.25) is 0 Å². The molecule has 32 heavy (non-hydrogen) atoms. The minimum atomic E-state index is 0. The third-order valence-electron chi connectivity index (χ3n) is 0. The number of hydrogen-bond acceptors (Lipinski definition) is 14. The van der Waals surface area contributed by atoms with Gasteiger partial charge in [-0.2, -0.15) is 0 Å². The van der Waals surface area contributed by atoms with Gasteiger partial charge in [0, 0.05) is 84.3 Å². The Morgan fingerprint density at radius 1 is 0.188 bits per heavy atom. The Labute approximate surface area is 277 Å². The third kappa shape index (κ3) is 5300. The van der Waals surface area contributed by atoms with Crippen LogP contribution in [0.2, 0.25) is 0 Å². The summed E-state index contributed by atoms with van der Waals surface area (Å²) in [5, 5.41) is 75.0. The van der Waals surface area contributed by atoms with Crippen molar-refractivity contribution in [3.63, 3.8) is 0 Å². The van der Waals surface area contributed by atoms with Gasteiger partial charge in [0.1, 0.15) is 0 Å². The minimum absolute atomic E-state index is 0. The summed E-state index contributed by atoms with van der Waals surface area (Å²) < 4.78 is 0. The van der Waals surface area contributed by atoms with Crippen LogP contribution >= 0.6 is 0 Å². The van der Waals surface area contributed by atoms with Gasteiger partial charge in [0.2, 0.25) is 0 Å². The number of thiol groups is 2. The Hall–Kier alpha value is -1.97. The van der Waals surface area contributed by atoms with Crippen molar-refractivity contribution in [1.29, 1.82) is 63.1 Å². The van der Waals surface area contributed by atoms with Crippen molar-refractivity contribution < 1.29 is 84.3 Å². The summed E-state index contributed by atoms with van der Waals surface area (Å²) >= 11 is 0. The molecule has 0 rings (SSSR count). The van der Waals surface area contributed by atoms with E-state index in [4.69, 9.17) is 142 Å². The van der Waals surface area contributed by atoms with Crippen LogP contribution in [-0.4, -0.2) is 0 Å². The molecule has 0 bridgehead atoms. The van der Waals surface area contributed by atoms with E-state index in [2.05, 4.69) is 0 Å². The molecule has 12 nitrogen and oxygen atoms in total. The van der Waals surface area contributed by atoms with Gasteiger partial charge in [0.15, 0.2) is 0 Å². The van der Waals surface area contributed by atoms with Gasteiger partial charge in [-0.15, -0.1) is 0 Å². The average Bonchev–Trinajstić information content (AvgIpc) is 2.84. The zero-order valence-corrected chi connectivity index (χ0v) is 29.9. The molecule has 0 fully saturated rings. The summed E-state index contributed by atoms with van der Waals surface area (Å²) in [6.07, 6.45) is 0. The van der Waals surface area contributed by atoms with Crippen LogP contribution in [0.15, 0.2) is 0 Å². The molecule has 0 radical (unpaired) electrons. The molecule has 0 saturated heterocycles. The van der Waals surface area contributed by atoms with Gasteiger partial charge in [-0.25, -0.2) is 0 Å². The second-order valence-corrected chi connectivity index (χ2v) is 0. The summed E-state index contributed by atoms with van der Waals surface area (Å²) in [5.74, 6) is 0. The van der Waals surface area contributed by atoms with Crippen LogP contribution in [0.25, 0.3) is 0 Å². The van der Waals surface area contributed by atoms with E-state index in [1.165, 1.54) is 0 Å². The molecule has 0 atom stereocenters. The number of hydrogen-bond donors (Lipinski definition) is 0. The SMILES string of the molecule is [C-]#N.[C-]#N.[C-]#N.[C-]#N.[C-]#N.[C-]#N.[C-]#N.[C-]#N.[C-]#N.[C-]#N.[C-]#N.[C-]#N.[S-2].[S-2].[SH-].[SH-].[W].[W].[W].[W]. The molecule has 0 aromatic carbocycles. The normalized spacial score (nSPS) is 0.750. The molecule has 0 aliphatic carbocycles. The summed E-state index contributed by atoms with van der Waals surface area (Å²) in [4.78, 5) is 0. The first-order chi connectivity index (χ1) is 12.0. The first-order valence-electron chi connectivity index (χ1n) is 2.68. The molecule has 176 valence electrons. The van der Waals surface area contributed by atoms with Crippen molar-refractivity contribution in [3.05, 3.63) is 78.9 Å². The van der Waals surface area contributed by atoms with Gasteiger partial charge in [-0.05, 0) is 0 Å². The minimum Gasteiger partial charge on any atom is -2.00 e. The molecule has 0 unspecified atom stereocenters. The van der Waals surface area contributed by atoms with Crippen molar-refractivity contribution in [2.45, 2.75) is 0 Å². The van der Waals surface area contributed by atoms with Gasteiger partial charge >= 0.3 is 0 Å². The van der Waals surface area contributed by atoms with Gasteiger partial charge in [-0.1, -0.05) is 0 Å². The van der Waals surface area contributed by atoms with E-state index >= 15 is 0 Å². The van der Waals surface area contributed by atoms with Crippen LogP contribution in [0, 0.1) is 142 Å². The van der Waals surface area contributed by atoms with Gasteiger partial charge < -0.3 is 196 Å². The fraction of sp³-hybridized carbons (Fsp3) is 0. The molecule has 0 amide bonds. The smallest absolute Gasteiger partial charge is 0 e. The van der Waals surface area contributed by atoms with Crippen molar-refractivity contribution in [3.8, 4) is 0 Å². The molecule has 0 N–H and O–H groups in total. The molecule has 0 spiro atoms. The van der Waals surface area contributed by atoms with E-state index in [0.717, 1.165) is 0 Å². The van der Waals surface area contributed by atoms with Crippen molar-refractivity contribution in [2.24, 2.45) is 0 Å². The summed E-state index contributed by atoms with van der Waals surface area (Å²) in [6, 6.07) is 0. The van der Waals surface area contributed by atoms with Crippen LogP contribution < -0.4 is 0 Å². The van der Waals surface area contributed by atoms with Crippen molar-refractivity contribution in [1.82, 2.24) is 0 Å². The van der Waals surface area contributed by atoms with Gasteiger partial charge in [0.05, 0.1) is 0 Å². The molecule has 0 aromatic heterocycles. The van der Waals surface area contributed by atoms with Crippen LogP contribution in [0.5, 0.6) is 0 Å². The quantitative estimate of drug-likeness (QED) is 0.183. The number of rotatable bonds is 0. The molecule has 0 aliphatic heterocycles. The molecule has 0 heterocycles. The van der Waals surface area contributed by atoms with Crippen molar-refractivity contribution >= 4 is 54.0 Å². The maximum atomic E-state index is 6.25. The molecule has 20 heteroatoms. The van der Waals surface area contributed by atoms with Gasteiger partial charge in [0.25, 0.3) is 0 Å². The summed E-state index contributed by atoms with van der Waals surface area (Å²) in [5.41, 5.74) is 0. The Morgan fingerprint density at radius 3 is 0.188 bits per heavy atom. The molecule has 0 aliphatic rings. The van der Waals surface area contributed by atoms with Crippen LogP contribution in [0.1, 0.15) is 0 Å². The molecule has 0 saturated carbocycles. The summed E-state index contributed by atoms with van der Waals surface area (Å²) in [6.45, 7) is 57.0. The predicted molar refractivity (Wildman–Crippen MR) is 91.9 cm³/mol. The Bertz CT molecular complexity index is 244. The topological polar surface area (TPSA) is 285 Å².